The normalized spacial score (nSPS) is 19.2. The molecule has 2 aromatic heterocycles. The highest BCUT2D eigenvalue weighted by Gasteiger charge is 2.27. The minimum absolute atomic E-state index is 0.0780. The van der Waals surface area contributed by atoms with Crippen LogP contribution in [0.2, 0.25) is 0 Å². The van der Waals surface area contributed by atoms with E-state index >= 15 is 0 Å². The van der Waals surface area contributed by atoms with Gasteiger partial charge in [0.05, 0.1) is 19.4 Å². The molecule has 0 bridgehead atoms. The molecule has 0 aromatic carbocycles. The van der Waals surface area contributed by atoms with Crippen LogP contribution in [0.4, 0.5) is 5.13 Å². The highest BCUT2D eigenvalue weighted by atomic mass is 32.1. The molecule has 4 heterocycles. The Kier molecular flexibility index (Phi) is 5.96. The van der Waals surface area contributed by atoms with Crippen LogP contribution in [-0.4, -0.2) is 66.2 Å². The van der Waals surface area contributed by atoms with Gasteiger partial charge in [-0.05, 0) is 24.5 Å². The van der Waals surface area contributed by atoms with Crippen molar-refractivity contribution in [1.82, 2.24) is 20.2 Å². The summed E-state index contributed by atoms with van der Waals surface area (Å²) in [5, 5.41) is 3.88. The van der Waals surface area contributed by atoms with E-state index in [2.05, 4.69) is 25.1 Å². The lowest BCUT2D eigenvalue weighted by Gasteiger charge is -2.40. The number of amides is 1. The lowest BCUT2D eigenvalue weighted by atomic mass is 10.0. The number of carbonyl (C=O) groups is 1. The number of hydrogen-bond donors (Lipinski definition) is 1. The number of aromatic nitrogens is 2. The zero-order chi connectivity index (χ0) is 18.5. The number of nitrogens with zero attached hydrogens (tertiary/aromatic N) is 4. The maximum atomic E-state index is 12.4. The van der Waals surface area contributed by atoms with Gasteiger partial charge in [-0.1, -0.05) is 17.4 Å². The SMILES string of the molecule is O=C(NCc1cccnc1)c1cnc(N2CCC(N3CCOCC3)CC2)s1. The van der Waals surface area contributed by atoms with E-state index in [1.54, 1.807) is 18.6 Å². The van der Waals surface area contributed by atoms with Gasteiger partial charge in [0.2, 0.25) is 0 Å². The molecule has 144 valence electrons. The quantitative estimate of drug-likeness (QED) is 0.843. The number of nitrogens with one attached hydrogen (secondary N) is 1. The third kappa shape index (κ3) is 4.63. The highest BCUT2D eigenvalue weighted by molar-refractivity contribution is 7.17. The summed E-state index contributed by atoms with van der Waals surface area (Å²) in [5.74, 6) is -0.0780. The summed E-state index contributed by atoms with van der Waals surface area (Å²) >= 11 is 1.47. The maximum Gasteiger partial charge on any atom is 0.263 e. The van der Waals surface area contributed by atoms with Crippen molar-refractivity contribution in [2.75, 3.05) is 44.3 Å². The first kappa shape index (κ1) is 18.3. The van der Waals surface area contributed by atoms with Crippen LogP contribution in [0.1, 0.15) is 28.1 Å². The third-order valence-corrected chi connectivity index (χ3v) is 6.25. The number of rotatable bonds is 5. The monoisotopic (exact) mass is 387 g/mol. The summed E-state index contributed by atoms with van der Waals surface area (Å²) in [4.78, 5) is 26.4. The Morgan fingerprint density at radius 3 is 2.78 bits per heavy atom. The molecule has 0 aliphatic carbocycles. The highest BCUT2D eigenvalue weighted by Crippen LogP contribution is 2.27. The van der Waals surface area contributed by atoms with Crippen LogP contribution in [0.5, 0.6) is 0 Å². The van der Waals surface area contributed by atoms with Gasteiger partial charge >= 0.3 is 0 Å². The molecule has 0 saturated carbocycles. The van der Waals surface area contributed by atoms with Gasteiger partial charge in [0.25, 0.3) is 5.91 Å². The third-order valence-electron chi connectivity index (χ3n) is 5.19. The zero-order valence-corrected chi connectivity index (χ0v) is 16.2. The Bertz CT molecular complexity index is 740. The maximum absolute atomic E-state index is 12.4. The van der Waals surface area contributed by atoms with E-state index in [9.17, 15) is 4.79 Å². The molecule has 2 aromatic rings. The summed E-state index contributed by atoms with van der Waals surface area (Å²) in [6.07, 6.45) is 7.46. The van der Waals surface area contributed by atoms with E-state index in [1.807, 2.05) is 12.1 Å². The molecule has 2 saturated heterocycles. The summed E-state index contributed by atoms with van der Waals surface area (Å²) in [6.45, 7) is 6.25. The average molecular weight is 388 g/mol. The zero-order valence-electron chi connectivity index (χ0n) is 15.3. The van der Waals surface area contributed by atoms with E-state index < -0.39 is 0 Å². The molecule has 0 radical (unpaired) electrons. The number of thiazole rings is 1. The summed E-state index contributed by atoms with van der Waals surface area (Å²) in [5.41, 5.74) is 0.987. The second kappa shape index (κ2) is 8.77. The van der Waals surface area contributed by atoms with E-state index in [0.29, 0.717) is 17.5 Å². The fourth-order valence-electron chi connectivity index (χ4n) is 3.65. The van der Waals surface area contributed by atoms with Gasteiger partial charge in [0, 0.05) is 51.2 Å². The van der Waals surface area contributed by atoms with Crippen LogP contribution in [0.15, 0.2) is 30.7 Å². The van der Waals surface area contributed by atoms with Crippen molar-refractivity contribution >= 4 is 22.4 Å². The van der Waals surface area contributed by atoms with Crippen LogP contribution in [-0.2, 0) is 11.3 Å². The Labute approximate surface area is 163 Å². The van der Waals surface area contributed by atoms with Gasteiger partial charge in [-0.15, -0.1) is 0 Å². The molecule has 1 N–H and O–H groups in total. The fraction of sp³-hybridized carbons (Fsp3) is 0.526. The minimum Gasteiger partial charge on any atom is -0.379 e. The van der Waals surface area contributed by atoms with Crippen LogP contribution in [0, 0.1) is 0 Å². The van der Waals surface area contributed by atoms with Crippen molar-refractivity contribution in [2.24, 2.45) is 0 Å². The van der Waals surface area contributed by atoms with E-state index in [1.165, 1.54) is 11.3 Å². The first-order valence-corrected chi connectivity index (χ1v) is 10.3. The Balaban J connectivity index is 1.28. The molecule has 2 aliphatic rings. The Hall–Kier alpha value is -2.03. The van der Waals surface area contributed by atoms with Crippen molar-refractivity contribution in [2.45, 2.75) is 25.4 Å². The first-order chi connectivity index (χ1) is 13.3. The molecular formula is C19H25N5O2S. The average Bonchev–Trinajstić information content (AvgIpc) is 3.24. The van der Waals surface area contributed by atoms with Gasteiger partial charge in [-0.3, -0.25) is 14.7 Å². The Morgan fingerprint density at radius 2 is 2.04 bits per heavy atom. The molecule has 1 amide bonds. The fourth-order valence-corrected chi connectivity index (χ4v) is 4.54. The lowest BCUT2D eigenvalue weighted by molar-refractivity contribution is 0.0115. The number of piperidine rings is 1. The van der Waals surface area contributed by atoms with Crippen LogP contribution in [0.25, 0.3) is 0 Å². The first-order valence-electron chi connectivity index (χ1n) is 9.49. The number of morpholine rings is 1. The van der Waals surface area contributed by atoms with Crippen molar-refractivity contribution in [1.29, 1.82) is 0 Å². The summed E-state index contributed by atoms with van der Waals surface area (Å²) < 4.78 is 5.45. The molecule has 2 aliphatic heterocycles. The van der Waals surface area contributed by atoms with Gasteiger partial charge in [0.15, 0.2) is 5.13 Å². The van der Waals surface area contributed by atoms with Crippen molar-refractivity contribution in [3.8, 4) is 0 Å². The molecule has 0 atom stereocenters. The molecule has 27 heavy (non-hydrogen) atoms. The predicted octanol–water partition coefficient (Wildman–Crippen LogP) is 1.77. The standard InChI is InChI=1S/C19H25N5O2S/c25-18(21-13-15-2-1-5-20-12-15)17-14-22-19(27-17)24-6-3-16(4-7-24)23-8-10-26-11-9-23/h1-2,5,12,14,16H,3-4,6-11,13H2,(H,21,25). The molecule has 0 spiro atoms. The number of anilines is 1. The van der Waals surface area contributed by atoms with Gasteiger partial charge in [-0.25, -0.2) is 4.98 Å². The molecule has 0 unspecified atom stereocenters. The van der Waals surface area contributed by atoms with E-state index in [4.69, 9.17) is 4.74 Å². The number of carbonyl (C=O) groups excluding carboxylic acids is 1. The second-order valence-electron chi connectivity index (χ2n) is 6.92. The van der Waals surface area contributed by atoms with Crippen LogP contribution < -0.4 is 10.2 Å². The number of pyridine rings is 1. The van der Waals surface area contributed by atoms with Crippen molar-refractivity contribution in [3.05, 3.63) is 41.2 Å². The van der Waals surface area contributed by atoms with Crippen LogP contribution >= 0.6 is 11.3 Å². The summed E-state index contributed by atoms with van der Waals surface area (Å²) in [6, 6.07) is 4.46. The van der Waals surface area contributed by atoms with E-state index in [0.717, 1.165) is 62.9 Å². The van der Waals surface area contributed by atoms with Gasteiger partial charge in [0.1, 0.15) is 4.88 Å². The molecule has 4 rings (SSSR count). The topological polar surface area (TPSA) is 70.6 Å². The van der Waals surface area contributed by atoms with E-state index in [-0.39, 0.29) is 5.91 Å². The van der Waals surface area contributed by atoms with Crippen LogP contribution in [0.3, 0.4) is 0 Å². The minimum atomic E-state index is -0.0780. The molecule has 8 heteroatoms. The largest absolute Gasteiger partial charge is 0.379 e. The smallest absolute Gasteiger partial charge is 0.263 e. The second-order valence-corrected chi connectivity index (χ2v) is 7.93. The molecular weight excluding hydrogens is 362 g/mol. The van der Waals surface area contributed by atoms with Crippen molar-refractivity contribution < 1.29 is 9.53 Å². The number of ether oxygens (including phenoxy) is 1. The molecule has 7 nitrogen and oxygen atoms in total. The predicted molar refractivity (Wildman–Crippen MR) is 105 cm³/mol. The summed E-state index contributed by atoms with van der Waals surface area (Å²) in [7, 11) is 0. The van der Waals surface area contributed by atoms with Gasteiger partial charge < -0.3 is 15.0 Å². The molecule has 2 fully saturated rings. The number of hydrogen-bond acceptors (Lipinski definition) is 7. The van der Waals surface area contributed by atoms with Crippen molar-refractivity contribution in [3.63, 3.8) is 0 Å². The lowest BCUT2D eigenvalue weighted by Crippen LogP contribution is -2.49. The Morgan fingerprint density at radius 1 is 1.22 bits per heavy atom. The van der Waals surface area contributed by atoms with Gasteiger partial charge in [-0.2, -0.15) is 0 Å².